The smallest absolute Gasteiger partial charge is 0.278 e. The Morgan fingerprint density at radius 1 is 0.938 bits per heavy atom. The van der Waals surface area contributed by atoms with Crippen LogP contribution in [0.5, 0.6) is 5.75 Å². The first-order valence-corrected chi connectivity index (χ1v) is 10.4. The molecule has 0 atom stereocenters. The summed E-state index contributed by atoms with van der Waals surface area (Å²) in [7, 11) is 0. The molecule has 162 valence electrons. The Morgan fingerprint density at radius 2 is 1.66 bits per heavy atom. The number of carbonyl (C=O) groups is 2. The van der Waals surface area contributed by atoms with E-state index in [2.05, 4.69) is 5.32 Å². The zero-order chi connectivity index (χ0) is 22.7. The summed E-state index contributed by atoms with van der Waals surface area (Å²) in [6, 6.07) is 20.4. The highest BCUT2D eigenvalue weighted by Crippen LogP contribution is 2.32. The quantitative estimate of drug-likeness (QED) is 0.541. The lowest BCUT2D eigenvalue weighted by Crippen LogP contribution is -2.32. The normalized spacial score (nSPS) is 13.7. The molecule has 1 N–H and O–H groups in total. The van der Waals surface area contributed by atoms with Gasteiger partial charge in [0.1, 0.15) is 17.3 Å². The van der Waals surface area contributed by atoms with E-state index in [1.165, 1.54) is 29.2 Å². The van der Waals surface area contributed by atoms with E-state index >= 15 is 0 Å². The standard InChI is InChI=1S/C26H23FN2O3/c1-3-32-22-6-4-5-21(15-22)28-24-23(19-11-13-20(27)14-12-19)25(30)29(26(24)31)16-18-9-7-17(2)8-10-18/h4-15,28H,3,16H2,1-2H3. The second-order valence-electron chi connectivity index (χ2n) is 7.52. The maximum Gasteiger partial charge on any atom is 0.278 e. The van der Waals surface area contributed by atoms with E-state index in [1.54, 1.807) is 18.2 Å². The Bertz CT molecular complexity index is 1180. The number of aryl methyl sites for hydroxylation is 1. The Balaban J connectivity index is 1.71. The number of amides is 2. The Hall–Kier alpha value is -3.93. The van der Waals surface area contributed by atoms with Crippen molar-refractivity contribution in [3.8, 4) is 5.75 Å². The highest BCUT2D eigenvalue weighted by molar-refractivity contribution is 6.36. The van der Waals surface area contributed by atoms with E-state index in [-0.39, 0.29) is 17.8 Å². The molecule has 0 fully saturated rings. The van der Waals surface area contributed by atoms with Gasteiger partial charge in [0.25, 0.3) is 11.8 Å². The average Bonchev–Trinajstić information content (AvgIpc) is 3.01. The maximum absolute atomic E-state index is 13.5. The highest BCUT2D eigenvalue weighted by Gasteiger charge is 2.39. The number of hydrogen-bond donors (Lipinski definition) is 1. The van der Waals surface area contributed by atoms with Gasteiger partial charge in [-0.25, -0.2) is 4.39 Å². The third-order valence-electron chi connectivity index (χ3n) is 5.18. The molecule has 0 bridgehead atoms. The first-order valence-electron chi connectivity index (χ1n) is 10.4. The molecular formula is C26H23FN2O3. The minimum atomic E-state index is -0.434. The van der Waals surface area contributed by atoms with Crippen molar-refractivity contribution < 1.29 is 18.7 Å². The monoisotopic (exact) mass is 430 g/mol. The number of nitrogens with one attached hydrogen (secondary N) is 1. The second-order valence-corrected chi connectivity index (χ2v) is 7.52. The topological polar surface area (TPSA) is 58.6 Å². The fourth-order valence-electron chi connectivity index (χ4n) is 3.57. The molecule has 0 saturated heterocycles. The van der Waals surface area contributed by atoms with E-state index in [4.69, 9.17) is 4.74 Å². The lowest BCUT2D eigenvalue weighted by molar-refractivity contribution is -0.137. The Kier molecular flexibility index (Phi) is 6.03. The van der Waals surface area contributed by atoms with Crippen LogP contribution in [0.3, 0.4) is 0 Å². The average molecular weight is 430 g/mol. The zero-order valence-corrected chi connectivity index (χ0v) is 17.9. The van der Waals surface area contributed by atoms with Crippen molar-refractivity contribution in [1.29, 1.82) is 0 Å². The zero-order valence-electron chi connectivity index (χ0n) is 17.9. The van der Waals surface area contributed by atoms with Crippen molar-refractivity contribution in [3.05, 3.63) is 101 Å². The van der Waals surface area contributed by atoms with Crippen molar-refractivity contribution in [2.75, 3.05) is 11.9 Å². The van der Waals surface area contributed by atoms with Crippen LogP contribution in [0.2, 0.25) is 0 Å². The largest absolute Gasteiger partial charge is 0.494 e. The van der Waals surface area contributed by atoms with Crippen LogP contribution in [0.25, 0.3) is 5.57 Å². The molecule has 2 amide bonds. The van der Waals surface area contributed by atoms with Crippen LogP contribution in [0.4, 0.5) is 10.1 Å². The number of halogens is 1. The summed E-state index contributed by atoms with van der Waals surface area (Å²) in [6.07, 6.45) is 0. The predicted molar refractivity (Wildman–Crippen MR) is 121 cm³/mol. The molecule has 0 aliphatic carbocycles. The van der Waals surface area contributed by atoms with Crippen LogP contribution in [0, 0.1) is 12.7 Å². The second kappa shape index (κ2) is 9.06. The van der Waals surface area contributed by atoms with Gasteiger partial charge in [0.05, 0.1) is 18.7 Å². The molecule has 1 aliphatic heterocycles. The van der Waals surface area contributed by atoms with E-state index in [9.17, 15) is 14.0 Å². The summed E-state index contributed by atoms with van der Waals surface area (Å²) in [6.45, 7) is 4.52. The molecule has 5 nitrogen and oxygen atoms in total. The van der Waals surface area contributed by atoms with Crippen LogP contribution in [0.15, 0.2) is 78.5 Å². The third-order valence-corrected chi connectivity index (χ3v) is 5.18. The van der Waals surface area contributed by atoms with Crippen LogP contribution in [-0.2, 0) is 16.1 Å². The highest BCUT2D eigenvalue weighted by atomic mass is 19.1. The van der Waals surface area contributed by atoms with Gasteiger partial charge >= 0.3 is 0 Å². The molecule has 0 radical (unpaired) electrons. The summed E-state index contributed by atoms with van der Waals surface area (Å²) < 4.78 is 19.0. The lowest BCUT2D eigenvalue weighted by atomic mass is 10.0. The Labute approximate surface area is 186 Å². The van der Waals surface area contributed by atoms with E-state index in [0.717, 1.165) is 11.1 Å². The van der Waals surface area contributed by atoms with Gasteiger partial charge < -0.3 is 10.1 Å². The van der Waals surface area contributed by atoms with Gasteiger partial charge in [-0.05, 0) is 49.2 Å². The number of carbonyl (C=O) groups excluding carboxylic acids is 2. The summed E-state index contributed by atoms with van der Waals surface area (Å²) in [5.41, 5.74) is 3.39. The van der Waals surface area contributed by atoms with E-state index < -0.39 is 17.6 Å². The van der Waals surface area contributed by atoms with Crippen molar-refractivity contribution in [2.45, 2.75) is 20.4 Å². The van der Waals surface area contributed by atoms with Crippen molar-refractivity contribution in [1.82, 2.24) is 4.90 Å². The third kappa shape index (κ3) is 4.39. The molecular weight excluding hydrogens is 407 g/mol. The van der Waals surface area contributed by atoms with Gasteiger partial charge in [-0.3, -0.25) is 14.5 Å². The van der Waals surface area contributed by atoms with Crippen molar-refractivity contribution >= 4 is 23.1 Å². The number of benzene rings is 3. The molecule has 0 spiro atoms. The summed E-state index contributed by atoms with van der Waals surface area (Å²) in [5, 5.41) is 3.10. The fourth-order valence-corrected chi connectivity index (χ4v) is 3.57. The van der Waals surface area contributed by atoms with Crippen molar-refractivity contribution in [2.24, 2.45) is 0 Å². The lowest BCUT2D eigenvalue weighted by Gasteiger charge is -2.16. The molecule has 3 aromatic carbocycles. The molecule has 6 heteroatoms. The fraction of sp³-hybridized carbons (Fsp3) is 0.154. The molecule has 3 aromatic rings. The van der Waals surface area contributed by atoms with Crippen LogP contribution < -0.4 is 10.1 Å². The number of ether oxygens (including phenoxy) is 1. The van der Waals surface area contributed by atoms with Gasteiger partial charge in [-0.2, -0.15) is 0 Å². The summed E-state index contributed by atoms with van der Waals surface area (Å²) >= 11 is 0. The minimum Gasteiger partial charge on any atom is -0.494 e. The summed E-state index contributed by atoms with van der Waals surface area (Å²) in [4.78, 5) is 27.9. The predicted octanol–water partition coefficient (Wildman–Crippen LogP) is 4.93. The van der Waals surface area contributed by atoms with E-state index in [0.29, 0.717) is 23.6 Å². The molecule has 1 heterocycles. The van der Waals surface area contributed by atoms with Gasteiger partial charge in [0.2, 0.25) is 0 Å². The van der Waals surface area contributed by atoms with Crippen molar-refractivity contribution in [3.63, 3.8) is 0 Å². The van der Waals surface area contributed by atoms with Crippen LogP contribution >= 0.6 is 0 Å². The number of hydrogen-bond acceptors (Lipinski definition) is 4. The number of nitrogens with zero attached hydrogens (tertiary/aromatic N) is 1. The molecule has 4 rings (SSSR count). The minimum absolute atomic E-state index is 0.146. The number of rotatable bonds is 7. The first-order chi connectivity index (χ1) is 15.5. The molecule has 0 saturated carbocycles. The van der Waals surface area contributed by atoms with Gasteiger partial charge in [0, 0.05) is 11.8 Å². The van der Waals surface area contributed by atoms with Crippen LogP contribution in [-0.4, -0.2) is 23.3 Å². The molecule has 1 aliphatic rings. The van der Waals surface area contributed by atoms with Gasteiger partial charge in [0.15, 0.2) is 0 Å². The van der Waals surface area contributed by atoms with Gasteiger partial charge in [-0.15, -0.1) is 0 Å². The first kappa shape index (κ1) is 21.3. The molecule has 32 heavy (non-hydrogen) atoms. The van der Waals surface area contributed by atoms with E-state index in [1.807, 2.05) is 44.2 Å². The number of imide groups is 1. The van der Waals surface area contributed by atoms with Gasteiger partial charge in [-0.1, -0.05) is 48.0 Å². The summed E-state index contributed by atoms with van der Waals surface area (Å²) in [5.74, 6) is -0.626. The molecule has 0 unspecified atom stereocenters. The SMILES string of the molecule is CCOc1cccc(NC2=C(c3ccc(F)cc3)C(=O)N(Cc3ccc(C)cc3)C2=O)c1. The number of anilines is 1. The molecule has 0 aromatic heterocycles. The van der Waals surface area contributed by atoms with Crippen LogP contribution in [0.1, 0.15) is 23.6 Å². The Morgan fingerprint density at radius 3 is 2.34 bits per heavy atom. The maximum atomic E-state index is 13.5.